The van der Waals surface area contributed by atoms with E-state index < -0.39 is 0 Å². The van der Waals surface area contributed by atoms with E-state index >= 15 is 0 Å². The van der Waals surface area contributed by atoms with E-state index in [1.54, 1.807) is 21.6 Å². The molecule has 2 atom stereocenters. The molecule has 4 rings (SSSR count). The molecule has 1 amide bonds. The number of nitrogens with one attached hydrogen (secondary N) is 1. The van der Waals surface area contributed by atoms with Gasteiger partial charge in [0.1, 0.15) is 0 Å². The van der Waals surface area contributed by atoms with Gasteiger partial charge in [0.15, 0.2) is 5.65 Å². The van der Waals surface area contributed by atoms with Crippen molar-refractivity contribution in [2.24, 2.45) is 12.8 Å². The quantitative estimate of drug-likeness (QED) is 0.527. The summed E-state index contributed by atoms with van der Waals surface area (Å²) < 4.78 is 3.51. The lowest BCUT2D eigenvalue weighted by atomic mass is 10.1. The molecular formula is C20H23N7OS. The number of carbonyl (C=O) groups is 1. The molecule has 0 spiro atoms. The molecule has 0 radical (unpaired) electrons. The average molecular weight is 410 g/mol. The van der Waals surface area contributed by atoms with Crippen LogP contribution in [0.5, 0.6) is 0 Å². The molecule has 0 aromatic carbocycles. The lowest BCUT2D eigenvalue weighted by Crippen LogP contribution is -2.43. The molecule has 0 aliphatic carbocycles. The number of nitrogens with two attached hydrogens (primary N) is 1. The van der Waals surface area contributed by atoms with Crippen LogP contribution in [0.2, 0.25) is 0 Å². The molecule has 0 aliphatic heterocycles. The van der Waals surface area contributed by atoms with Gasteiger partial charge in [0, 0.05) is 64.9 Å². The molecule has 4 heterocycles. The van der Waals surface area contributed by atoms with Crippen LogP contribution < -0.4 is 11.1 Å². The fraction of sp³-hybridized carbons (Fsp3) is 0.300. The van der Waals surface area contributed by atoms with Crippen molar-refractivity contribution in [1.29, 1.82) is 0 Å². The number of carbonyl (C=O) groups excluding carboxylic acids is 1. The van der Waals surface area contributed by atoms with E-state index in [0.717, 1.165) is 32.8 Å². The van der Waals surface area contributed by atoms with Crippen molar-refractivity contribution in [3.63, 3.8) is 0 Å². The predicted octanol–water partition coefficient (Wildman–Crippen LogP) is 2.63. The molecule has 4 aromatic heterocycles. The van der Waals surface area contributed by atoms with Crippen LogP contribution in [-0.4, -0.2) is 42.4 Å². The van der Waals surface area contributed by atoms with Gasteiger partial charge < -0.3 is 11.1 Å². The summed E-state index contributed by atoms with van der Waals surface area (Å²) in [6, 6.07) is 1.69. The van der Waals surface area contributed by atoms with Crippen LogP contribution in [-0.2, 0) is 7.05 Å². The fourth-order valence-corrected chi connectivity index (χ4v) is 3.99. The van der Waals surface area contributed by atoms with Gasteiger partial charge in [-0.05, 0) is 26.8 Å². The number of aryl methyl sites for hydroxylation is 2. The molecule has 0 saturated heterocycles. The van der Waals surface area contributed by atoms with Crippen LogP contribution in [0.15, 0.2) is 37.1 Å². The van der Waals surface area contributed by atoms with Crippen molar-refractivity contribution in [3.8, 4) is 22.3 Å². The highest BCUT2D eigenvalue weighted by atomic mass is 32.1. The Hall–Kier alpha value is -3.04. The summed E-state index contributed by atoms with van der Waals surface area (Å²) in [6.45, 7) is 5.78. The Balaban J connectivity index is 1.66. The van der Waals surface area contributed by atoms with Gasteiger partial charge in [0.25, 0.3) is 5.91 Å². The number of amides is 1. The second-order valence-corrected chi connectivity index (χ2v) is 8.53. The zero-order valence-corrected chi connectivity index (χ0v) is 17.6. The molecule has 9 heteroatoms. The number of hydrogen-bond donors (Lipinski definition) is 2. The van der Waals surface area contributed by atoms with Crippen LogP contribution in [0.25, 0.3) is 27.9 Å². The molecule has 8 nitrogen and oxygen atoms in total. The van der Waals surface area contributed by atoms with Gasteiger partial charge in [-0.25, -0.2) is 9.50 Å². The van der Waals surface area contributed by atoms with Crippen molar-refractivity contribution >= 4 is 22.9 Å². The Morgan fingerprint density at radius 3 is 2.59 bits per heavy atom. The number of aromatic nitrogens is 5. The number of rotatable bonds is 5. The molecule has 4 aromatic rings. The molecule has 0 saturated carbocycles. The minimum atomic E-state index is -0.114. The number of nitrogens with zero attached hydrogens (tertiary/aromatic N) is 5. The first-order valence-electron chi connectivity index (χ1n) is 9.33. The summed E-state index contributed by atoms with van der Waals surface area (Å²) in [4.78, 5) is 18.9. The molecule has 3 N–H and O–H groups in total. The van der Waals surface area contributed by atoms with E-state index in [0.29, 0.717) is 4.88 Å². The third-order valence-electron chi connectivity index (χ3n) is 4.97. The minimum absolute atomic E-state index is 0.0992. The molecule has 0 fully saturated rings. The van der Waals surface area contributed by atoms with E-state index in [2.05, 4.69) is 20.5 Å². The molecular weight excluding hydrogens is 386 g/mol. The topological polar surface area (TPSA) is 103 Å². The van der Waals surface area contributed by atoms with E-state index in [1.165, 1.54) is 11.3 Å². The first-order valence-corrected chi connectivity index (χ1v) is 10.1. The second kappa shape index (κ2) is 7.41. The highest BCUT2D eigenvalue weighted by molar-refractivity contribution is 7.14. The molecule has 0 aliphatic rings. The maximum Gasteiger partial charge on any atom is 0.261 e. The maximum atomic E-state index is 12.6. The van der Waals surface area contributed by atoms with Gasteiger partial charge in [-0.15, -0.1) is 11.3 Å². The summed E-state index contributed by atoms with van der Waals surface area (Å²) in [7, 11) is 1.88. The number of hydrogen-bond acceptors (Lipinski definition) is 6. The third-order valence-corrected chi connectivity index (χ3v) is 6.02. The van der Waals surface area contributed by atoms with Crippen LogP contribution in [0.1, 0.15) is 28.4 Å². The monoisotopic (exact) mass is 409 g/mol. The third kappa shape index (κ3) is 3.66. The normalized spacial score (nSPS) is 13.6. The summed E-state index contributed by atoms with van der Waals surface area (Å²) in [5.41, 5.74) is 10.4. The lowest BCUT2D eigenvalue weighted by molar-refractivity contribution is 0.0940. The van der Waals surface area contributed by atoms with Gasteiger partial charge in [0.05, 0.1) is 17.3 Å². The van der Waals surface area contributed by atoms with Crippen molar-refractivity contribution in [3.05, 3.63) is 46.8 Å². The van der Waals surface area contributed by atoms with Crippen LogP contribution >= 0.6 is 11.3 Å². The number of thiophene rings is 1. The molecule has 2 unspecified atom stereocenters. The number of fused-ring (bicyclic) bond motifs is 1. The fourth-order valence-electron chi connectivity index (χ4n) is 3.05. The largest absolute Gasteiger partial charge is 0.347 e. The van der Waals surface area contributed by atoms with Gasteiger partial charge in [-0.1, -0.05) is 0 Å². The van der Waals surface area contributed by atoms with Crippen molar-refractivity contribution in [2.75, 3.05) is 0 Å². The Morgan fingerprint density at radius 2 is 1.90 bits per heavy atom. The second-order valence-electron chi connectivity index (χ2n) is 7.27. The first kappa shape index (κ1) is 19.3. The van der Waals surface area contributed by atoms with E-state index in [1.807, 2.05) is 52.5 Å². The van der Waals surface area contributed by atoms with Crippen molar-refractivity contribution in [1.82, 2.24) is 29.7 Å². The van der Waals surface area contributed by atoms with Crippen molar-refractivity contribution < 1.29 is 4.79 Å². The predicted molar refractivity (Wildman–Crippen MR) is 114 cm³/mol. The average Bonchev–Trinajstić information content (AvgIpc) is 3.39. The van der Waals surface area contributed by atoms with Crippen LogP contribution in [0.4, 0.5) is 0 Å². The molecule has 29 heavy (non-hydrogen) atoms. The van der Waals surface area contributed by atoms with Crippen LogP contribution in [0, 0.1) is 6.92 Å². The first-order chi connectivity index (χ1) is 13.8. The highest BCUT2D eigenvalue weighted by Crippen LogP contribution is 2.33. The van der Waals surface area contributed by atoms with Crippen LogP contribution in [0.3, 0.4) is 0 Å². The van der Waals surface area contributed by atoms with Crippen molar-refractivity contribution in [2.45, 2.75) is 32.9 Å². The van der Waals surface area contributed by atoms with Gasteiger partial charge >= 0.3 is 0 Å². The molecule has 0 bridgehead atoms. The van der Waals surface area contributed by atoms with E-state index in [-0.39, 0.29) is 18.0 Å². The standard InChI is InChI=1S/C20H23N7OS/c1-11(21)12(2)25-20(28)18-5-16(13(3)29-18)17-8-24-27-10-14(6-22-19(17)27)15-7-23-26(4)9-15/h5-12H,21H2,1-4H3,(H,25,28). The molecule has 150 valence electrons. The van der Waals surface area contributed by atoms with Gasteiger partial charge in [-0.3, -0.25) is 9.48 Å². The summed E-state index contributed by atoms with van der Waals surface area (Å²) in [5, 5.41) is 11.6. The van der Waals surface area contributed by atoms with Gasteiger partial charge in [0.2, 0.25) is 0 Å². The summed E-state index contributed by atoms with van der Waals surface area (Å²) in [6.07, 6.45) is 9.27. The smallest absolute Gasteiger partial charge is 0.261 e. The zero-order chi connectivity index (χ0) is 20.7. The zero-order valence-electron chi connectivity index (χ0n) is 16.7. The summed E-state index contributed by atoms with van der Waals surface area (Å²) >= 11 is 1.46. The Kier molecular flexibility index (Phi) is 4.93. The Labute approximate surface area is 172 Å². The Bertz CT molecular complexity index is 1190. The Morgan fingerprint density at radius 1 is 1.14 bits per heavy atom. The highest BCUT2D eigenvalue weighted by Gasteiger charge is 2.19. The lowest BCUT2D eigenvalue weighted by Gasteiger charge is -2.16. The summed E-state index contributed by atoms with van der Waals surface area (Å²) in [5.74, 6) is -0.113. The minimum Gasteiger partial charge on any atom is -0.347 e. The van der Waals surface area contributed by atoms with Gasteiger partial charge in [-0.2, -0.15) is 10.2 Å². The van der Waals surface area contributed by atoms with E-state index in [4.69, 9.17) is 5.73 Å². The SMILES string of the molecule is Cc1sc(C(=O)NC(C)C(C)N)cc1-c1cnn2cc(-c3cnn(C)c3)cnc12. The maximum absolute atomic E-state index is 12.6. The van der Waals surface area contributed by atoms with E-state index in [9.17, 15) is 4.79 Å².